The van der Waals surface area contributed by atoms with Gasteiger partial charge >= 0.3 is 0 Å². The number of rotatable bonds is 1. The van der Waals surface area contributed by atoms with E-state index in [9.17, 15) is 0 Å². The summed E-state index contributed by atoms with van der Waals surface area (Å²) in [4.78, 5) is 3.82. The fraction of sp³-hybridized carbons (Fsp3) is 0. The molecule has 0 aromatic carbocycles. The van der Waals surface area contributed by atoms with E-state index in [-0.39, 0.29) is 0 Å². The Bertz CT molecular complexity index is 194. The van der Waals surface area contributed by atoms with Gasteiger partial charge in [0.25, 0.3) is 0 Å². The standard InChI is InChI=1S/C6H5NS/c1-2-7-6-4-3-5-8-6/h3-5H,1H2. The maximum absolute atomic E-state index is 3.82. The maximum atomic E-state index is 3.82. The van der Waals surface area contributed by atoms with E-state index in [1.54, 1.807) is 11.3 Å². The molecule has 0 radical (unpaired) electrons. The number of hydrogen-bond acceptors (Lipinski definition) is 2. The van der Waals surface area contributed by atoms with Crippen LogP contribution in [-0.4, -0.2) is 5.87 Å². The largest absolute Gasteiger partial charge is 0.196 e. The van der Waals surface area contributed by atoms with Gasteiger partial charge in [0.05, 0.1) is 0 Å². The van der Waals surface area contributed by atoms with E-state index >= 15 is 0 Å². The Morgan fingerprint density at radius 3 is 3.12 bits per heavy atom. The van der Waals surface area contributed by atoms with Crippen LogP contribution >= 0.6 is 11.3 Å². The predicted octanol–water partition coefficient (Wildman–Crippen LogP) is 2.24. The van der Waals surface area contributed by atoms with Gasteiger partial charge in [0.15, 0.2) is 0 Å². The molecule has 1 aromatic heterocycles. The van der Waals surface area contributed by atoms with Crippen molar-refractivity contribution in [3.63, 3.8) is 0 Å². The molecule has 2 heteroatoms. The van der Waals surface area contributed by atoms with Gasteiger partial charge in [0, 0.05) is 0 Å². The summed E-state index contributed by atoms with van der Waals surface area (Å²) in [5.74, 6) is 2.46. The van der Waals surface area contributed by atoms with Gasteiger partial charge in [0.1, 0.15) is 5.00 Å². The minimum Gasteiger partial charge on any atom is -0.196 e. The van der Waals surface area contributed by atoms with Gasteiger partial charge in [-0.2, -0.15) is 4.99 Å². The van der Waals surface area contributed by atoms with Crippen molar-refractivity contribution in [2.24, 2.45) is 4.99 Å². The van der Waals surface area contributed by atoms with E-state index in [2.05, 4.69) is 17.4 Å². The molecule has 0 aliphatic rings. The summed E-state index contributed by atoms with van der Waals surface area (Å²) in [6.07, 6.45) is 0. The SMILES string of the molecule is C=C=Nc1cccs1. The fourth-order valence-corrected chi connectivity index (χ4v) is 0.982. The third-order valence-electron chi connectivity index (χ3n) is 0.695. The van der Waals surface area contributed by atoms with E-state index in [1.165, 1.54) is 0 Å². The maximum Gasteiger partial charge on any atom is 0.125 e. The Morgan fingerprint density at radius 2 is 2.62 bits per heavy atom. The summed E-state index contributed by atoms with van der Waals surface area (Å²) in [5, 5.41) is 2.93. The van der Waals surface area contributed by atoms with Crippen LogP contribution in [0.15, 0.2) is 29.1 Å². The molecule has 0 atom stereocenters. The molecule has 8 heavy (non-hydrogen) atoms. The van der Waals surface area contributed by atoms with Crippen LogP contribution in [0.1, 0.15) is 0 Å². The molecule has 1 rings (SSSR count). The summed E-state index contributed by atoms with van der Waals surface area (Å²) >= 11 is 1.58. The van der Waals surface area contributed by atoms with Crippen molar-refractivity contribution >= 4 is 22.2 Å². The molecule has 0 aliphatic carbocycles. The van der Waals surface area contributed by atoms with Gasteiger partial charge in [-0.1, -0.05) is 0 Å². The highest BCUT2D eigenvalue weighted by atomic mass is 32.1. The van der Waals surface area contributed by atoms with Gasteiger partial charge in [0.2, 0.25) is 0 Å². The van der Waals surface area contributed by atoms with E-state index in [1.807, 2.05) is 17.5 Å². The Labute approximate surface area is 52.0 Å². The molecule has 0 fully saturated rings. The Hall–Kier alpha value is -0.850. The first-order chi connectivity index (χ1) is 3.93. The van der Waals surface area contributed by atoms with Gasteiger partial charge in [-0.05, 0) is 30.0 Å². The van der Waals surface area contributed by atoms with Gasteiger partial charge in [-0.15, -0.1) is 11.3 Å². The highest BCUT2D eigenvalue weighted by Gasteiger charge is 1.81. The summed E-state index contributed by atoms with van der Waals surface area (Å²) < 4.78 is 0. The zero-order valence-corrected chi connectivity index (χ0v) is 5.11. The number of aliphatic imine (C=N–C) groups is 1. The lowest BCUT2D eigenvalue weighted by molar-refractivity contribution is 1.68. The van der Waals surface area contributed by atoms with Crippen molar-refractivity contribution in [1.82, 2.24) is 0 Å². The third kappa shape index (κ3) is 1.06. The first-order valence-electron chi connectivity index (χ1n) is 2.20. The van der Waals surface area contributed by atoms with E-state index in [0.29, 0.717) is 0 Å². The number of hydrogen-bond donors (Lipinski definition) is 0. The molecule has 0 saturated carbocycles. The molecule has 0 unspecified atom stereocenters. The second-order valence-electron chi connectivity index (χ2n) is 1.22. The lowest BCUT2D eigenvalue weighted by Crippen LogP contribution is -1.43. The highest BCUT2D eigenvalue weighted by molar-refractivity contribution is 7.13. The van der Waals surface area contributed by atoms with Crippen LogP contribution in [0.2, 0.25) is 0 Å². The van der Waals surface area contributed by atoms with Gasteiger partial charge in [-0.3, -0.25) is 0 Å². The van der Waals surface area contributed by atoms with Crippen LogP contribution in [0.5, 0.6) is 0 Å². The lowest BCUT2D eigenvalue weighted by Gasteiger charge is -1.71. The molecule has 0 N–H and O–H groups in total. The Morgan fingerprint density at radius 1 is 1.75 bits per heavy atom. The molecular weight excluding hydrogens is 118 g/mol. The normalized spacial score (nSPS) is 8.00. The van der Waals surface area contributed by atoms with E-state index in [4.69, 9.17) is 0 Å². The molecule has 40 valence electrons. The Balaban J connectivity index is 2.93. The zero-order chi connectivity index (χ0) is 5.82. The summed E-state index contributed by atoms with van der Waals surface area (Å²) in [6, 6.07) is 3.86. The average molecular weight is 123 g/mol. The quantitative estimate of drug-likeness (QED) is 0.508. The smallest absolute Gasteiger partial charge is 0.125 e. The predicted molar refractivity (Wildman–Crippen MR) is 37.0 cm³/mol. The Kier molecular flexibility index (Phi) is 1.62. The molecular formula is C6H5NS. The lowest BCUT2D eigenvalue weighted by atomic mass is 10.6. The van der Waals surface area contributed by atoms with Crippen molar-refractivity contribution in [2.75, 3.05) is 0 Å². The van der Waals surface area contributed by atoms with Crippen molar-refractivity contribution in [3.05, 3.63) is 24.1 Å². The summed E-state index contributed by atoms with van der Waals surface area (Å²) in [5.41, 5.74) is 0. The monoisotopic (exact) mass is 123 g/mol. The van der Waals surface area contributed by atoms with Crippen LogP contribution in [0.3, 0.4) is 0 Å². The van der Waals surface area contributed by atoms with Crippen molar-refractivity contribution in [3.8, 4) is 0 Å². The van der Waals surface area contributed by atoms with Crippen LogP contribution in [0.25, 0.3) is 0 Å². The van der Waals surface area contributed by atoms with Gasteiger partial charge < -0.3 is 0 Å². The summed E-state index contributed by atoms with van der Waals surface area (Å²) in [6.45, 7) is 3.35. The topological polar surface area (TPSA) is 12.4 Å². The first kappa shape index (κ1) is 5.29. The van der Waals surface area contributed by atoms with Crippen LogP contribution in [0, 0.1) is 0 Å². The number of thiophene rings is 1. The van der Waals surface area contributed by atoms with Crippen LogP contribution in [0.4, 0.5) is 5.00 Å². The van der Waals surface area contributed by atoms with Crippen LogP contribution in [-0.2, 0) is 0 Å². The van der Waals surface area contributed by atoms with Crippen molar-refractivity contribution in [1.29, 1.82) is 0 Å². The highest BCUT2D eigenvalue weighted by Crippen LogP contribution is 2.17. The second-order valence-corrected chi connectivity index (χ2v) is 2.15. The molecule has 0 spiro atoms. The fourth-order valence-electron chi connectivity index (χ4n) is 0.411. The minimum atomic E-state index is 0.958. The molecule has 0 bridgehead atoms. The zero-order valence-electron chi connectivity index (χ0n) is 4.29. The first-order valence-corrected chi connectivity index (χ1v) is 3.08. The summed E-state index contributed by atoms with van der Waals surface area (Å²) in [7, 11) is 0. The molecule has 1 heterocycles. The van der Waals surface area contributed by atoms with Crippen molar-refractivity contribution in [2.45, 2.75) is 0 Å². The van der Waals surface area contributed by atoms with Crippen LogP contribution < -0.4 is 0 Å². The minimum absolute atomic E-state index is 0.958. The molecule has 0 saturated heterocycles. The average Bonchev–Trinajstić information content (AvgIpc) is 2.19. The molecule has 0 amide bonds. The van der Waals surface area contributed by atoms with E-state index in [0.717, 1.165) is 5.00 Å². The van der Waals surface area contributed by atoms with Crippen molar-refractivity contribution < 1.29 is 0 Å². The molecule has 1 nitrogen and oxygen atoms in total. The van der Waals surface area contributed by atoms with Gasteiger partial charge in [-0.25, -0.2) is 0 Å². The number of nitrogens with zero attached hydrogens (tertiary/aromatic N) is 1. The molecule has 0 aliphatic heterocycles. The molecule has 1 aromatic rings. The van der Waals surface area contributed by atoms with E-state index < -0.39 is 0 Å². The third-order valence-corrected chi connectivity index (χ3v) is 1.46. The second kappa shape index (κ2) is 2.46.